The molecule has 1 N–H and O–H groups in total. The molecule has 1 aliphatic heterocycles. The molecule has 0 aromatic heterocycles. The summed E-state index contributed by atoms with van der Waals surface area (Å²) in [6, 6.07) is 8.89. The summed E-state index contributed by atoms with van der Waals surface area (Å²) in [6.07, 6.45) is 3.71. The lowest BCUT2D eigenvalue weighted by atomic mass is 10.0. The molecule has 3 rings (SSSR count). The summed E-state index contributed by atoms with van der Waals surface area (Å²) < 4.78 is 0. The normalized spacial score (nSPS) is 31.2. The quantitative estimate of drug-likeness (QED) is 0.884. The number of nitrogens with zero attached hydrogens (tertiary/aromatic N) is 1. The van der Waals surface area contributed by atoms with Gasteiger partial charge in [-0.2, -0.15) is 0 Å². The lowest BCUT2D eigenvalue weighted by Gasteiger charge is -2.33. The van der Waals surface area contributed by atoms with Gasteiger partial charge in [-0.3, -0.25) is 10.1 Å². The maximum absolute atomic E-state index is 12.2. The van der Waals surface area contributed by atoms with Gasteiger partial charge in [0, 0.05) is 6.04 Å². The van der Waals surface area contributed by atoms with Crippen LogP contribution in [0.15, 0.2) is 24.3 Å². The van der Waals surface area contributed by atoms with E-state index in [1.807, 2.05) is 0 Å². The predicted octanol–water partition coefficient (Wildman–Crippen LogP) is 2.61. The average molecular weight is 258 g/mol. The van der Waals surface area contributed by atoms with Crippen molar-refractivity contribution in [3.63, 3.8) is 0 Å². The number of nitrogens with one attached hydrogen (secondary N) is 1. The van der Waals surface area contributed by atoms with Crippen molar-refractivity contribution < 1.29 is 4.79 Å². The number of hydrogen-bond donors (Lipinski definition) is 1. The Morgan fingerprint density at radius 3 is 2.84 bits per heavy atom. The van der Waals surface area contributed by atoms with Gasteiger partial charge in [-0.05, 0) is 31.2 Å². The zero-order valence-corrected chi connectivity index (χ0v) is 11.7. The van der Waals surface area contributed by atoms with Crippen molar-refractivity contribution in [2.24, 2.45) is 5.92 Å². The molecule has 3 nitrogen and oxygen atoms in total. The molecular formula is C16H22N2O. The Morgan fingerprint density at radius 1 is 1.32 bits per heavy atom. The summed E-state index contributed by atoms with van der Waals surface area (Å²) in [4.78, 5) is 14.3. The Balaban J connectivity index is 1.90. The van der Waals surface area contributed by atoms with E-state index in [-0.39, 0.29) is 12.1 Å². The number of aryl methyl sites for hydroxylation is 1. The van der Waals surface area contributed by atoms with Crippen molar-refractivity contribution in [3.8, 4) is 0 Å². The molecule has 0 radical (unpaired) electrons. The fourth-order valence-corrected chi connectivity index (χ4v) is 3.55. The summed E-state index contributed by atoms with van der Waals surface area (Å²) in [5.41, 5.74) is 2.46. The highest BCUT2D eigenvalue weighted by atomic mass is 16.2. The monoisotopic (exact) mass is 258 g/mol. The Morgan fingerprint density at radius 2 is 2.16 bits per heavy atom. The molecule has 102 valence electrons. The highest BCUT2D eigenvalue weighted by molar-refractivity contribution is 5.81. The average Bonchev–Trinajstić information content (AvgIpc) is 2.95. The van der Waals surface area contributed by atoms with Crippen molar-refractivity contribution in [2.45, 2.75) is 45.3 Å². The van der Waals surface area contributed by atoms with Gasteiger partial charge in [0.1, 0.15) is 6.17 Å². The third-order valence-corrected chi connectivity index (χ3v) is 4.54. The topological polar surface area (TPSA) is 32.3 Å². The van der Waals surface area contributed by atoms with E-state index >= 15 is 0 Å². The number of carbonyl (C=O) groups is 1. The molecule has 2 aliphatic rings. The minimum Gasteiger partial charge on any atom is -0.319 e. The highest BCUT2D eigenvalue weighted by Crippen LogP contribution is 2.36. The highest BCUT2D eigenvalue weighted by Gasteiger charge is 2.40. The molecule has 1 amide bonds. The SMILES string of the molecule is Cc1cccc(C2NCC(=O)N2C2CCCC2C)c1. The van der Waals surface area contributed by atoms with Gasteiger partial charge in [-0.1, -0.05) is 43.2 Å². The molecule has 1 aromatic carbocycles. The van der Waals surface area contributed by atoms with Crippen LogP contribution in [0.4, 0.5) is 0 Å². The number of benzene rings is 1. The van der Waals surface area contributed by atoms with Gasteiger partial charge in [0.25, 0.3) is 0 Å². The zero-order valence-electron chi connectivity index (χ0n) is 11.7. The molecule has 3 heteroatoms. The number of carbonyl (C=O) groups excluding carboxylic acids is 1. The van der Waals surface area contributed by atoms with Crippen LogP contribution in [0.2, 0.25) is 0 Å². The largest absolute Gasteiger partial charge is 0.319 e. The molecular weight excluding hydrogens is 236 g/mol. The summed E-state index contributed by atoms with van der Waals surface area (Å²) in [5, 5.41) is 3.37. The van der Waals surface area contributed by atoms with Crippen LogP contribution >= 0.6 is 0 Å². The van der Waals surface area contributed by atoms with Crippen molar-refractivity contribution in [1.82, 2.24) is 10.2 Å². The molecule has 3 unspecified atom stereocenters. The van der Waals surface area contributed by atoms with E-state index in [0.717, 1.165) is 6.42 Å². The van der Waals surface area contributed by atoms with E-state index in [4.69, 9.17) is 0 Å². The van der Waals surface area contributed by atoms with Crippen LogP contribution in [0.3, 0.4) is 0 Å². The maximum atomic E-state index is 12.2. The molecule has 0 bridgehead atoms. The van der Waals surface area contributed by atoms with Gasteiger partial charge in [0.05, 0.1) is 6.54 Å². The van der Waals surface area contributed by atoms with E-state index in [0.29, 0.717) is 18.5 Å². The number of hydrogen-bond acceptors (Lipinski definition) is 2. The smallest absolute Gasteiger partial charge is 0.238 e. The van der Waals surface area contributed by atoms with Crippen molar-refractivity contribution in [1.29, 1.82) is 0 Å². The molecule has 1 aromatic rings. The molecule has 1 saturated carbocycles. The second kappa shape index (κ2) is 4.97. The second-order valence-electron chi connectivity index (χ2n) is 5.97. The van der Waals surface area contributed by atoms with Gasteiger partial charge >= 0.3 is 0 Å². The van der Waals surface area contributed by atoms with E-state index in [2.05, 4.69) is 48.3 Å². The van der Waals surface area contributed by atoms with Gasteiger partial charge in [-0.25, -0.2) is 0 Å². The van der Waals surface area contributed by atoms with Gasteiger partial charge in [0.2, 0.25) is 5.91 Å². The third-order valence-electron chi connectivity index (χ3n) is 4.54. The molecule has 1 saturated heterocycles. The lowest BCUT2D eigenvalue weighted by molar-refractivity contribution is -0.131. The molecule has 3 atom stereocenters. The number of rotatable bonds is 2. The molecule has 1 aliphatic carbocycles. The summed E-state index contributed by atoms with van der Waals surface area (Å²) in [5.74, 6) is 0.876. The Kier molecular flexibility index (Phi) is 3.31. The molecule has 19 heavy (non-hydrogen) atoms. The maximum Gasteiger partial charge on any atom is 0.238 e. The van der Waals surface area contributed by atoms with Crippen LogP contribution < -0.4 is 5.32 Å². The van der Waals surface area contributed by atoms with Crippen molar-refractivity contribution in [3.05, 3.63) is 35.4 Å². The second-order valence-corrected chi connectivity index (χ2v) is 5.97. The standard InChI is InChI=1S/C16H22N2O/c1-11-5-3-7-13(9-11)16-17-10-15(19)18(16)14-8-4-6-12(14)2/h3,5,7,9,12,14,16-17H,4,6,8,10H2,1-2H3. The van der Waals surface area contributed by atoms with Crippen molar-refractivity contribution >= 4 is 5.91 Å². The number of amides is 1. The van der Waals surface area contributed by atoms with E-state index in [9.17, 15) is 4.79 Å². The molecule has 1 heterocycles. The molecule has 2 fully saturated rings. The van der Waals surface area contributed by atoms with Crippen molar-refractivity contribution in [2.75, 3.05) is 6.54 Å². The van der Waals surface area contributed by atoms with Gasteiger partial charge in [0.15, 0.2) is 0 Å². The summed E-state index contributed by atoms with van der Waals surface area (Å²) in [6.45, 7) is 4.85. The van der Waals surface area contributed by atoms with Gasteiger partial charge in [-0.15, -0.1) is 0 Å². The third kappa shape index (κ3) is 2.27. The Bertz CT molecular complexity index is 485. The fourth-order valence-electron chi connectivity index (χ4n) is 3.55. The fraction of sp³-hybridized carbons (Fsp3) is 0.562. The van der Waals surface area contributed by atoms with Gasteiger partial charge < -0.3 is 4.90 Å². The predicted molar refractivity (Wildman–Crippen MR) is 75.6 cm³/mol. The molecule has 0 spiro atoms. The Hall–Kier alpha value is -1.35. The van der Waals surface area contributed by atoms with Crippen LogP contribution in [0.5, 0.6) is 0 Å². The van der Waals surface area contributed by atoms with Crippen LogP contribution in [0.25, 0.3) is 0 Å². The van der Waals surface area contributed by atoms with Crippen LogP contribution in [0.1, 0.15) is 43.5 Å². The first kappa shape index (κ1) is 12.7. The lowest BCUT2D eigenvalue weighted by Crippen LogP contribution is -2.41. The van der Waals surface area contributed by atoms with E-state index in [1.54, 1.807) is 0 Å². The summed E-state index contributed by atoms with van der Waals surface area (Å²) >= 11 is 0. The first-order chi connectivity index (χ1) is 9.16. The van der Waals surface area contributed by atoms with Crippen LogP contribution in [-0.4, -0.2) is 23.4 Å². The summed E-state index contributed by atoms with van der Waals surface area (Å²) in [7, 11) is 0. The zero-order chi connectivity index (χ0) is 13.4. The first-order valence-corrected chi connectivity index (χ1v) is 7.28. The Labute approximate surface area is 115 Å². The minimum absolute atomic E-state index is 0.0675. The van der Waals surface area contributed by atoms with Crippen LogP contribution in [-0.2, 0) is 4.79 Å². The minimum atomic E-state index is 0.0675. The first-order valence-electron chi connectivity index (χ1n) is 7.28. The van der Waals surface area contributed by atoms with E-state index < -0.39 is 0 Å². The van der Waals surface area contributed by atoms with E-state index in [1.165, 1.54) is 24.0 Å². The van der Waals surface area contributed by atoms with Crippen LogP contribution in [0, 0.1) is 12.8 Å².